The van der Waals surface area contributed by atoms with Crippen molar-refractivity contribution in [3.63, 3.8) is 0 Å². The van der Waals surface area contributed by atoms with E-state index in [4.69, 9.17) is 9.47 Å². The maximum atomic E-state index is 14.2. The molecule has 0 aromatic heterocycles. The number of ketones is 2. The molecule has 0 spiro atoms. The van der Waals surface area contributed by atoms with Crippen LogP contribution in [0.25, 0.3) is 0 Å². The highest BCUT2D eigenvalue weighted by molar-refractivity contribution is 6.15. The monoisotopic (exact) mass is 474 g/mol. The fourth-order valence-corrected chi connectivity index (χ4v) is 4.09. The molecule has 10 nitrogen and oxygen atoms in total. The van der Waals surface area contributed by atoms with E-state index < -0.39 is 61.5 Å². The van der Waals surface area contributed by atoms with Crippen molar-refractivity contribution in [2.75, 3.05) is 0 Å². The molecule has 3 rings (SSSR count). The Bertz CT molecular complexity index is 1200. The molecule has 11 heteroatoms. The number of rotatable bonds is 6. The molecule has 0 amide bonds. The summed E-state index contributed by atoms with van der Waals surface area (Å²) >= 11 is 0. The molecule has 2 aromatic carbocycles. The van der Waals surface area contributed by atoms with Crippen LogP contribution in [0.2, 0.25) is 0 Å². The van der Waals surface area contributed by atoms with Gasteiger partial charge in [-0.15, -0.1) is 0 Å². The molecule has 34 heavy (non-hydrogen) atoms. The van der Waals surface area contributed by atoms with E-state index in [1.165, 1.54) is 12.1 Å². The van der Waals surface area contributed by atoms with Gasteiger partial charge < -0.3 is 9.47 Å². The first-order chi connectivity index (χ1) is 15.7. The summed E-state index contributed by atoms with van der Waals surface area (Å²) in [6.45, 7) is 8.13. The number of hydrogen-bond donors (Lipinski definition) is 0. The van der Waals surface area contributed by atoms with Gasteiger partial charge in [-0.1, -0.05) is 13.0 Å². The van der Waals surface area contributed by atoms with Gasteiger partial charge in [-0.2, -0.15) is 4.39 Å². The molecule has 0 bridgehead atoms. The van der Waals surface area contributed by atoms with E-state index in [1.807, 2.05) is 6.92 Å². The van der Waals surface area contributed by atoms with Crippen LogP contribution in [0, 0.1) is 26.0 Å². The van der Waals surface area contributed by atoms with Crippen molar-refractivity contribution in [3.8, 4) is 11.5 Å². The van der Waals surface area contributed by atoms with Crippen LogP contribution in [0.1, 0.15) is 51.7 Å². The number of carbonyl (C=O) groups is 2. The van der Waals surface area contributed by atoms with Crippen LogP contribution in [-0.2, 0) is 20.7 Å². The number of Topliss-reactive ketones (excluding diaryl/α,β-unsaturated/α-hetero) is 2. The SMILES string of the molecule is CCc1ccc(Oc2cc(F)c([N+](=O)[O-])cc2[N+](=O)[O-])cc1C1C(=O)C(C)(C)OC(C)(C)C1=O. The first-order valence-electron chi connectivity index (χ1n) is 10.4. The Morgan fingerprint density at radius 2 is 1.53 bits per heavy atom. The number of nitro groups is 2. The Hall–Kier alpha value is -3.73. The number of hydrogen-bond acceptors (Lipinski definition) is 8. The summed E-state index contributed by atoms with van der Waals surface area (Å²) in [5, 5.41) is 22.4. The standard InChI is InChI=1S/C23H23FN2O8/c1-6-12-7-8-13(33-18-10-15(24)16(25(29)30)11-17(18)26(31)32)9-14(12)19-20(27)22(2,3)34-23(4,5)21(19)28/h7-11,19H,6H2,1-5H3. The Labute approximate surface area is 194 Å². The molecule has 1 fully saturated rings. The Kier molecular flexibility index (Phi) is 6.27. The maximum absolute atomic E-state index is 14.2. The third-order valence-electron chi connectivity index (χ3n) is 5.68. The Balaban J connectivity index is 2.12. The third kappa shape index (κ3) is 4.38. The molecule has 2 aromatic rings. The van der Waals surface area contributed by atoms with E-state index in [9.17, 15) is 34.2 Å². The second kappa shape index (κ2) is 8.56. The van der Waals surface area contributed by atoms with Gasteiger partial charge in [0, 0.05) is 6.07 Å². The van der Waals surface area contributed by atoms with Crippen LogP contribution in [-0.4, -0.2) is 32.6 Å². The zero-order valence-corrected chi connectivity index (χ0v) is 19.2. The summed E-state index contributed by atoms with van der Waals surface area (Å²) in [6, 6.07) is 5.49. The molecule has 1 heterocycles. The van der Waals surface area contributed by atoms with Gasteiger partial charge in [0.1, 0.15) is 28.9 Å². The fraction of sp³-hybridized carbons (Fsp3) is 0.391. The lowest BCUT2D eigenvalue weighted by Gasteiger charge is -2.43. The molecular weight excluding hydrogens is 451 g/mol. The van der Waals surface area contributed by atoms with Crippen LogP contribution in [0.5, 0.6) is 11.5 Å². The highest BCUT2D eigenvalue weighted by Crippen LogP contribution is 2.42. The van der Waals surface area contributed by atoms with Crippen molar-refractivity contribution in [2.24, 2.45) is 0 Å². The quantitative estimate of drug-likeness (QED) is 0.330. The molecule has 1 saturated heterocycles. The lowest BCUT2D eigenvalue weighted by Crippen LogP contribution is -2.58. The van der Waals surface area contributed by atoms with Crippen molar-refractivity contribution >= 4 is 22.9 Å². The predicted molar refractivity (Wildman–Crippen MR) is 118 cm³/mol. The average molecular weight is 474 g/mol. The number of nitro benzene ring substituents is 2. The minimum atomic E-state index is -1.31. The predicted octanol–water partition coefficient (Wildman–Crippen LogP) is 4.81. The van der Waals surface area contributed by atoms with E-state index >= 15 is 0 Å². The summed E-state index contributed by atoms with van der Waals surface area (Å²) < 4.78 is 25.4. The van der Waals surface area contributed by atoms with Gasteiger partial charge in [-0.25, -0.2) is 0 Å². The van der Waals surface area contributed by atoms with Crippen molar-refractivity contribution in [2.45, 2.75) is 58.2 Å². The van der Waals surface area contributed by atoms with Gasteiger partial charge in [0.2, 0.25) is 11.6 Å². The first-order valence-corrected chi connectivity index (χ1v) is 10.4. The molecule has 0 aliphatic carbocycles. The van der Waals surface area contributed by atoms with Crippen molar-refractivity contribution in [1.29, 1.82) is 0 Å². The Morgan fingerprint density at radius 3 is 2.03 bits per heavy atom. The van der Waals surface area contributed by atoms with Crippen molar-refractivity contribution in [3.05, 3.63) is 67.5 Å². The fourth-order valence-electron chi connectivity index (χ4n) is 4.09. The van der Waals surface area contributed by atoms with Crippen LogP contribution < -0.4 is 4.74 Å². The molecule has 0 saturated carbocycles. The van der Waals surface area contributed by atoms with Gasteiger partial charge in [-0.3, -0.25) is 29.8 Å². The van der Waals surface area contributed by atoms with E-state index in [0.717, 1.165) is 0 Å². The molecule has 1 aliphatic rings. The van der Waals surface area contributed by atoms with Crippen LogP contribution in [0.3, 0.4) is 0 Å². The van der Waals surface area contributed by atoms with Gasteiger partial charge >= 0.3 is 11.4 Å². The summed E-state index contributed by atoms with van der Waals surface area (Å²) in [7, 11) is 0. The smallest absolute Gasteiger partial charge is 0.318 e. The number of aryl methyl sites for hydroxylation is 1. The lowest BCUT2D eigenvalue weighted by molar-refractivity contribution is -0.396. The number of ether oxygens (including phenoxy) is 2. The van der Waals surface area contributed by atoms with E-state index in [2.05, 4.69) is 0 Å². The summed E-state index contributed by atoms with van der Waals surface area (Å²) in [4.78, 5) is 46.7. The Morgan fingerprint density at radius 1 is 0.971 bits per heavy atom. The van der Waals surface area contributed by atoms with Gasteiger partial charge in [0.25, 0.3) is 0 Å². The van der Waals surface area contributed by atoms with Gasteiger partial charge in [0.15, 0.2) is 11.6 Å². The van der Waals surface area contributed by atoms with E-state index in [-0.39, 0.29) is 5.75 Å². The highest BCUT2D eigenvalue weighted by Gasteiger charge is 2.53. The maximum Gasteiger partial charge on any atom is 0.318 e. The molecule has 180 valence electrons. The minimum absolute atomic E-state index is 0.00810. The normalized spacial score (nSPS) is 17.5. The van der Waals surface area contributed by atoms with Gasteiger partial charge in [0.05, 0.1) is 9.85 Å². The summed E-state index contributed by atoms with van der Waals surface area (Å²) in [5.74, 6) is -3.94. The largest absolute Gasteiger partial charge is 0.450 e. The molecular formula is C23H23FN2O8. The van der Waals surface area contributed by atoms with Crippen molar-refractivity contribution in [1.82, 2.24) is 0 Å². The number of nitrogens with zero attached hydrogens (tertiary/aromatic N) is 2. The first kappa shape index (κ1) is 24.9. The second-order valence-corrected chi connectivity index (χ2v) is 8.89. The van der Waals surface area contributed by atoms with Crippen LogP contribution in [0.15, 0.2) is 30.3 Å². The third-order valence-corrected chi connectivity index (χ3v) is 5.68. The zero-order valence-electron chi connectivity index (χ0n) is 19.2. The van der Waals surface area contributed by atoms with E-state index in [1.54, 1.807) is 33.8 Å². The highest BCUT2D eigenvalue weighted by atomic mass is 19.1. The van der Waals surface area contributed by atoms with Crippen molar-refractivity contribution < 1.29 is 33.3 Å². The summed E-state index contributed by atoms with van der Waals surface area (Å²) in [6.07, 6.45) is 0.473. The minimum Gasteiger partial charge on any atom is -0.450 e. The zero-order chi connectivity index (χ0) is 25.6. The van der Waals surface area contributed by atoms with Crippen LogP contribution >= 0.6 is 0 Å². The number of carbonyl (C=O) groups excluding carboxylic acids is 2. The van der Waals surface area contributed by atoms with E-state index in [0.29, 0.717) is 29.7 Å². The average Bonchev–Trinajstić information content (AvgIpc) is 2.72. The summed E-state index contributed by atoms with van der Waals surface area (Å²) in [5.41, 5.74) is -3.34. The number of halogens is 1. The lowest BCUT2D eigenvalue weighted by atomic mass is 9.73. The molecule has 0 radical (unpaired) electrons. The molecule has 0 N–H and O–H groups in total. The topological polar surface area (TPSA) is 139 Å². The number of benzene rings is 2. The van der Waals surface area contributed by atoms with Crippen LogP contribution in [0.4, 0.5) is 15.8 Å². The molecule has 1 aliphatic heterocycles. The molecule has 0 atom stereocenters. The molecule has 0 unspecified atom stereocenters. The second-order valence-electron chi connectivity index (χ2n) is 8.89. The van der Waals surface area contributed by atoms with Gasteiger partial charge in [-0.05, 0) is 57.4 Å².